The predicted octanol–water partition coefficient (Wildman–Crippen LogP) is 3.12. The zero-order valence-electron chi connectivity index (χ0n) is 19.0. The summed E-state index contributed by atoms with van der Waals surface area (Å²) in [5.41, 5.74) is 1.31. The minimum absolute atomic E-state index is 0.0537. The number of aromatic nitrogens is 1. The molecule has 0 spiro atoms. The van der Waals surface area contributed by atoms with Gasteiger partial charge in [0.2, 0.25) is 0 Å². The average Bonchev–Trinajstić information content (AvgIpc) is 3.37. The van der Waals surface area contributed by atoms with Crippen molar-refractivity contribution in [2.75, 3.05) is 33.4 Å². The minimum atomic E-state index is -1.00. The molecule has 1 fully saturated rings. The topological polar surface area (TPSA) is 113 Å². The van der Waals surface area contributed by atoms with E-state index < -0.39 is 24.0 Å². The van der Waals surface area contributed by atoms with E-state index in [-0.39, 0.29) is 18.7 Å². The summed E-state index contributed by atoms with van der Waals surface area (Å²) in [6.07, 6.45) is 3.89. The summed E-state index contributed by atoms with van der Waals surface area (Å²) < 4.78 is 10.4. The van der Waals surface area contributed by atoms with Crippen LogP contribution in [-0.2, 0) is 19.1 Å². The lowest BCUT2D eigenvalue weighted by Gasteiger charge is -2.35. The Morgan fingerprint density at radius 1 is 1.44 bits per heavy atom. The molecule has 0 aromatic carbocycles. The van der Waals surface area contributed by atoms with E-state index in [1.54, 1.807) is 24.1 Å². The fourth-order valence-electron chi connectivity index (χ4n) is 3.57. The van der Waals surface area contributed by atoms with Gasteiger partial charge in [-0.05, 0) is 25.0 Å². The molecule has 0 saturated carbocycles. The van der Waals surface area contributed by atoms with Gasteiger partial charge >= 0.3 is 11.9 Å². The Labute approximate surface area is 211 Å². The molecule has 0 amide bonds. The van der Waals surface area contributed by atoms with Gasteiger partial charge in [-0.25, -0.2) is 9.78 Å². The number of rotatable bonds is 8. The maximum atomic E-state index is 13.0. The van der Waals surface area contributed by atoms with Crippen molar-refractivity contribution in [2.45, 2.75) is 32.4 Å². The van der Waals surface area contributed by atoms with Crippen LogP contribution in [-0.4, -0.2) is 78.3 Å². The molecular weight excluding hydrogens is 503 g/mol. The number of aliphatic imine (C=N–C) groups is 1. The smallest absolute Gasteiger partial charge is 0.338 e. The first-order valence-corrected chi connectivity index (χ1v) is 12.2. The standard InChI is InChI=1S/C22H26Cl2N4O5S/c1-4-13(23)9-14(24)12(2)18-17(22(31)32-3)15(26-19(27-18)20-25-5-8-34-20)10-28-6-7-33-11-16(28)21(29)30/h5,8-9,16,18H,4,6-7,10-11H2,1-3H3,(H,26,27)(H,29,30). The number of carboxylic acid groups (broad SMARTS) is 1. The number of aliphatic carboxylic acids is 1. The maximum Gasteiger partial charge on any atom is 0.338 e. The summed E-state index contributed by atoms with van der Waals surface area (Å²) in [6, 6.07) is -1.63. The largest absolute Gasteiger partial charge is 0.480 e. The SMILES string of the molecule is CCC(Cl)=CC(Cl)=C(C)C1N=C(c2nccs2)NC(CN2CCOCC2C(=O)O)=C1C(=O)OC. The van der Waals surface area contributed by atoms with Crippen molar-refractivity contribution in [1.82, 2.24) is 15.2 Å². The lowest BCUT2D eigenvalue weighted by atomic mass is 9.95. The molecule has 184 valence electrons. The Morgan fingerprint density at radius 3 is 2.82 bits per heavy atom. The van der Waals surface area contributed by atoms with Gasteiger partial charge in [0.25, 0.3) is 0 Å². The highest BCUT2D eigenvalue weighted by molar-refractivity contribution is 7.11. The van der Waals surface area contributed by atoms with Gasteiger partial charge in [-0.2, -0.15) is 0 Å². The molecule has 0 bridgehead atoms. The molecule has 2 atom stereocenters. The van der Waals surface area contributed by atoms with Crippen LogP contribution in [0.1, 0.15) is 25.3 Å². The molecule has 0 radical (unpaired) electrons. The van der Waals surface area contributed by atoms with Crippen LogP contribution in [0.5, 0.6) is 0 Å². The number of carboxylic acids is 1. The number of carbonyl (C=O) groups excluding carboxylic acids is 1. The van der Waals surface area contributed by atoms with Crippen LogP contribution in [0.3, 0.4) is 0 Å². The fourth-order valence-corrected chi connectivity index (χ4v) is 4.56. The van der Waals surface area contributed by atoms with Gasteiger partial charge in [-0.15, -0.1) is 11.3 Å². The third kappa shape index (κ3) is 6.05. The maximum absolute atomic E-state index is 13.0. The number of morpholine rings is 1. The first kappa shape index (κ1) is 26.4. The highest BCUT2D eigenvalue weighted by Crippen LogP contribution is 2.30. The van der Waals surface area contributed by atoms with Gasteiger partial charge in [0, 0.05) is 40.4 Å². The summed E-state index contributed by atoms with van der Waals surface area (Å²) >= 11 is 14.1. The Hall–Kier alpha value is -2.24. The number of nitrogens with one attached hydrogen (secondary N) is 1. The number of thiazole rings is 1. The molecule has 34 heavy (non-hydrogen) atoms. The summed E-state index contributed by atoms with van der Waals surface area (Å²) in [6.45, 7) is 4.63. The van der Waals surface area contributed by atoms with Crippen LogP contribution in [0.15, 0.2) is 49.6 Å². The van der Waals surface area contributed by atoms with E-state index >= 15 is 0 Å². The van der Waals surface area contributed by atoms with Crippen molar-refractivity contribution >= 4 is 52.3 Å². The van der Waals surface area contributed by atoms with Gasteiger partial charge in [0.1, 0.15) is 12.1 Å². The number of halogens is 2. The molecular formula is C22H26Cl2N4O5S. The Bertz CT molecular complexity index is 1050. The summed E-state index contributed by atoms with van der Waals surface area (Å²) in [7, 11) is 1.29. The molecule has 0 aliphatic carbocycles. The molecule has 12 heteroatoms. The number of esters is 1. The van der Waals surface area contributed by atoms with E-state index in [9.17, 15) is 14.7 Å². The highest BCUT2D eigenvalue weighted by Gasteiger charge is 2.36. The lowest BCUT2D eigenvalue weighted by molar-refractivity contribution is -0.149. The molecule has 1 saturated heterocycles. The number of carbonyl (C=O) groups is 2. The monoisotopic (exact) mass is 528 g/mol. The zero-order valence-corrected chi connectivity index (χ0v) is 21.3. The van der Waals surface area contributed by atoms with Crippen LogP contribution < -0.4 is 5.32 Å². The molecule has 9 nitrogen and oxygen atoms in total. The second kappa shape index (κ2) is 11.9. The first-order valence-electron chi connectivity index (χ1n) is 10.6. The number of hydrogen-bond donors (Lipinski definition) is 2. The molecule has 2 unspecified atom stereocenters. The van der Waals surface area contributed by atoms with E-state index in [2.05, 4.69) is 10.3 Å². The molecule has 2 aliphatic heterocycles. The van der Waals surface area contributed by atoms with Crippen LogP contribution in [0.4, 0.5) is 0 Å². The number of allylic oxidation sites excluding steroid dienone is 3. The van der Waals surface area contributed by atoms with Gasteiger partial charge < -0.3 is 19.9 Å². The molecule has 2 N–H and O–H groups in total. The van der Waals surface area contributed by atoms with Crippen LogP contribution in [0.25, 0.3) is 0 Å². The van der Waals surface area contributed by atoms with E-state index in [1.807, 2.05) is 12.3 Å². The number of methoxy groups -OCH3 is 1. The van der Waals surface area contributed by atoms with Crippen molar-refractivity contribution in [3.05, 3.63) is 49.6 Å². The highest BCUT2D eigenvalue weighted by atomic mass is 35.5. The van der Waals surface area contributed by atoms with Gasteiger partial charge in [-0.3, -0.25) is 14.7 Å². The van der Waals surface area contributed by atoms with Gasteiger partial charge in [0.15, 0.2) is 10.8 Å². The van der Waals surface area contributed by atoms with Crippen molar-refractivity contribution < 1.29 is 24.2 Å². The van der Waals surface area contributed by atoms with Crippen molar-refractivity contribution in [2.24, 2.45) is 4.99 Å². The minimum Gasteiger partial charge on any atom is -0.480 e. The number of nitrogens with zero attached hydrogens (tertiary/aromatic N) is 3. The second-order valence-corrected chi connectivity index (χ2v) is 9.39. The summed E-state index contributed by atoms with van der Waals surface area (Å²) in [5.74, 6) is -1.14. The third-order valence-electron chi connectivity index (χ3n) is 5.46. The number of amidine groups is 1. The Balaban J connectivity index is 2.12. The van der Waals surface area contributed by atoms with Crippen LogP contribution in [0, 0.1) is 0 Å². The molecule has 3 rings (SSSR count). The predicted molar refractivity (Wildman–Crippen MR) is 131 cm³/mol. The number of hydrogen-bond acceptors (Lipinski definition) is 9. The Morgan fingerprint density at radius 2 is 2.21 bits per heavy atom. The normalized spacial score (nSPS) is 22.6. The summed E-state index contributed by atoms with van der Waals surface area (Å²) in [5, 5.41) is 16.2. The molecule has 1 aromatic rings. The Kier molecular flexibility index (Phi) is 9.26. The van der Waals surface area contributed by atoms with Crippen LogP contribution in [0.2, 0.25) is 0 Å². The molecule has 1 aromatic heterocycles. The van der Waals surface area contributed by atoms with Crippen LogP contribution >= 0.6 is 34.5 Å². The van der Waals surface area contributed by atoms with E-state index in [0.29, 0.717) is 51.8 Å². The number of ether oxygens (including phenoxy) is 2. The second-order valence-electron chi connectivity index (χ2n) is 7.60. The summed E-state index contributed by atoms with van der Waals surface area (Å²) in [4.78, 5) is 35.6. The zero-order chi connectivity index (χ0) is 24.8. The van der Waals surface area contributed by atoms with Crippen molar-refractivity contribution in [3.8, 4) is 0 Å². The van der Waals surface area contributed by atoms with E-state index in [4.69, 9.17) is 37.7 Å². The van der Waals surface area contributed by atoms with E-state index in [1.165, 1.54) is 18.4 Å². The van der Waals surface area contributed by atoms with Crippen molar-refractivity contribution in [3.63, 3.8) is 0 Å². The van der Waals surface area contributed by atoms with Crippen molar-refractivity contribution in [1.29, 1.82) is 0 Å². The third-order valence-corrected chi connectivity index (χ3v) is 7.02. The first-order chi connectivity index (χ1) is 16.3. The van der Waals surface area contributed by atoms with E-state index in [0.717, 1.165) is 0 Å². The fraction of sp³-hybridized carbons (Fsp3) is 0.455. The quantitative estimate of drug-likeness (QED) is 0.390. The van der Waals surface area contributed by atoms with Gasteiger partial charge in [-0.1, -0.05) is 30.1 Å². The average molecular weight is 529 g/mol. The molecule has 3 heterocycles. The van der Waals surface area contributed by atoms with Gasteiger partial charge in [0.05, 0.1) is 25.9 Å². The molecule has 2 aliphatic rings. The lowest BCUT2D eigenvalue weighted by Crippen LogP contribution is -2.52.